The van der Waals surface area contributed by atoms with E-state index in [1.54, 1.807) is 12.3 Å². The molecule has 0 amide bonds. The molecule has 0 aliphatic heterocycles. The molecule has 1 aromatic carbocycles. The van der Waals surface area contributed by atoms with Gasteiger partial charge in [-0.15, -0.1) is 0 Å². The maximum Gasteiger partial charge on any atom is 0.142 e. The predicted octanol–water partition coefficient (Wildman–Crippen LogP) is 5.31. The van der Waals surface area contributed by atoms with Crippen molar-refractivity contribution in [2.24, 2.45) is 0 Å². The quantitative estimate of drug-likeness (QED) is 0.479. The van der Waals surface area contributed by atoms with E-state index < -0.39 is 0 Å². The fraction of sp³-hybridized carbons (Fsp3) is 0. The lowest BCUT2D eigenvalue weighted by atomic mass is 10.1. The SMILES string of the molecule is Clc1cc(Cl)cc(-c2cnc(Cl)c(I)c2)c1. The molecule has 0 atom stereocenters. The van der Waals surface area contributed by atoms with Crippen LogP contribution >= 0.6 is 57.4 Å². The highest BCUT2D eigenvalue weighted by atomic mass is 127. The summed E-state index contributed by atoms with van der Waals surface area (Å²) in [7, 11) is 0. The third-order valence-electron chi connectivity index (χ3n) is 1.99. The zero-order chi connectivity index (χ0) is 11.7. The van der Waals surface area contributed by atoms with E-state index in [0.29, 0.717) is 15.2 Å². The second-order valence-electron chi connectivity index (χ2n) is 3.15. The number of pyridine rings is 1. The first kappa shape index (κ1) is 12.4. The second-order valence-corrected chi connectivity index (χ2v) is 5.55. The van der Waals surface area contributed by atoms with E-state index >= 15 is 0 Å². The average molecular weight is 384 g/mol. The molecule has 16 heavy (non-hydrogen) atoms. The standard InChI is InChI=1S/C11H5Cl3IN/c12-8-1-6(2-9(13)4-8)7-3-10(15)11(14)16-5-7/h1-5H. The van der Waals surface area contributed by atoms with E-state index in [2.05, 4.69) is 27.6 Å². The molecule has 5 heteroatoms. The van der Waals surface area contributed by atoms with Crippen LogP contribution in [0.2, 0.25) is 15.2 Å². The molecular formula is C11H5Cl3IN. The number of aromatic nitrogens is 1. The molecule has 0 radical (unpaired) electrons. The first-order chi connectivity index (χ1) is 7.56. The van der Waals surface area contributed by atoms with Gasteiger partial charge in [0.1, 0.15) is 5.15 Å². The van der Waals surface area contributed by atoms with Crippen LogP contribution in [0.1, 0.15) is 0 Å². The molecule has 0 aliphatic carbocycles. The smallest absolute Gasteiger partial charge is 0.142 e. The summed E-state index contributed by atoms with van der Waals surface area (Å²) in [4.78, 5) is 4.09. The molecule has 1 nitrogen and oxygen atoms in total. The second kappa shape index (κ2) is 5.08. The number of nitrogens with zero attached hydrogens (tertiary/aromatic N) is 1. The third kappa shape index (κ3) is 2.80. The molecule has 82 valence electrons. The minimum atomic E-state index is 0.498. The summed E-state index contributed by atoms with van der Waals surface area (Å²) in [6.45, 7) is 0. The first-order valence-electron chi connectivity index (χ1n) is 4.34. The van der Waals surface area contributed by atoms with Crippen molar-refractivity contribution >= 4 is 57.4 Å². The summed E-state index contributed by atoms with van der Waals surface area (Å²) in [6, 6.07) is 7.32. The predicted molar refractivity (Wildman–Crippen MR) is 77.4 cm³/mol. The van der Waals surface area contributed by atoms with Crippen LogP contribution in [-0.2, 0) is 0 Å². The van der Waals surface area contributed by atoms with Crippen molar-refractivity contribution in [1.82, 2.24) is 4.98 Å². The fourth-order valence-electron chi connectivity index (χ4n) is 1.30. The van der Waals surface area contributed by atoms with Gasteiger partial charge in [0, 0.05) is 21.8 Å². The number of hydrogen-bond acceptors (Lipinski definition) is 1. The highest BCUT2D eigenvalue weighted by Crippen LogP contribution is 2.29. The van der Waals surface area contributed by atoms with Crippen molar-refractivity contribution in [3.05, 3.63) is 49.2 Å². The van der Waals surface area contributed by atoms with Crippen molar-refractivity contribution in [3.63, 3.8) is 0 Å². The molecule has 0 saturated heterocycles. The lowest BCUT2D eigenvalue weighted by Gasteiger charge is -2.04. The zero-order valence-electron chi connectivity index (χ0n) is 7.85. The summed E-state index contributed by atoms with van der Waals surface area (Å²) < 4.78 is 0.896. The molecule has 0 aliphatic rings. The van der Waals surface area contributed by atoms with Crippen LogP contribution in [0.3, 0.4) is 0 Å². The highest BCUT2D eigenvalue weighted by Gasteiger charge is 2.05. The summed E-state index contributed by atoms with van der Waals surface area (Å²) in [5, 5.41) is 1.71. The van der Waals surface area contributed by atoms with Crippen molar-refractivity contribution in [3.8, 4) is 11.1 Å². The van der Waals surface area contributed by atoms with E-state index in [-0.39, 0.29) is 0 Å². The topological polar surface area (TPSA) is 12.9 Å². The van der Waals surface area contributed by atoms with Crippen LogP contribution in [-0.4, -0.2) is 4.98 Å². The largest absolute Gasteiger partial charge is 0.243 e. The van der Waals surface area contributed by atoms with Crippen LogP contribution in [0.4, 0.5) is 0 Å². The van der Waals surface area contributed by atoms with Crippen LogP contribution in [0.25, 0.3) is 11.1 Å². The Morgan fingerprint density at radius 3 is 2.06 bits per heavy atom. The monoisotopic (exact) mass is 383 g/mol. The lowest BCUT2D eigenvalue weighted by Crippen LogP contribution is -1.85. The van der Waals surface area contributed by atoms with Crippen molar-refractivity contribution in [2.45, 2.75) is 0 Å². The van der Waals surface area contributed by atoms with Crippen LogP contribution in [0, 0.1) is 3.57 Å². The number of hydrogen-bond donors (Lipinski definition) is 0. The Bertz CT molecular complexity index is 522. The minimum absolute atomic E-state index is 0.498. The fourth-order valence-corrected chi connectivity index (χ4v) is 2.40. The van der Waals surface area contributed by atoms with Gasteiger partial charge in [-0.2, -0.15) is 0 Å². The van der Waals surface area contributed by atoms with Gasteiger partial charge in [0.25, 0.3) is 0 Å². The summed E-state index contributed by atoms with van der Waals surface area (Å²) in [5.74, 6) is 0. The van der Waals surface area contributed by atoms with Crippen molar-refractivity contribution in [2.75, 3.05) is 0 Å². The molecule has 2 aromatic rings. The molecule has 1 aromatic heterocycles. The van der Waals surface area contributed by atoms with Gasteiger partial charge in [-0.25, -0.2) is 4.98 Å². The first-order valence-corrected chi connectivity index (χ1v) is 6.55. The Labute approximate surface area is 122 Å². The average Bonchev–Trinajstić information content (AvgIpc) is 2.20. The van der Waals surface area contributed by atoms with Crippen LogP contribution in [0.15, 0.2) is 30.5 Å². The molecule has 0 fully saturated rings. The van der Waals surface area contributed by atoms with Gasteiger partial charge in [0.2, 0.25) is 0 Å². The van der Waals surface area contributed by atoms with Gasteiger partial charge in [0.15, 0.2) is 0 Å². The molecule has 1 heterocycles. The van der Waals surface area contributed by atoms with E-state index in [4.69, 9.17) is 34.8 Å². The molecular weight excluding hydrogens is 379 g/mol. The van der Waals surface area contributed by atoms with Gasteiger partial charge >= 0.3 is 0 Å². The van der Waals surface area contributed by atoms with Crippen molar-refractivity contribution in [1.29, 1.82) is 0 Å². The van der Waals surface area contributed by atoms with Gasteiger partial charge in [0.05, 0.1) is 3.57 Å². The molecule has 0 spiro atoms. The Balaban J connectivity index is 2.54. The minimum Gasteiger partial charge on any atom is -0.243 e. The Hall–Kier alpha value is -0.0300. The highest BCUT2D eigenvalue weighted by molar-refractivity contribution is 14.1. The zero-order valence-corrected chi connectivity index (χ0v) is 12.3. The van der Waals surface area contributed by atoms with E-state index in [1.165, 1.54) is 0 Å². The molecule has 0 unspecified atom stereocenters. The number of rotatable bonds is 1. The third-order valence-corrected chi connectivity index (χ3v) is 3.87. The molecule has 0 N–H and O–H groups in total. The summed E-state index contributed by atoms with van der Waals surface area (Å²) in [6.07, 6.45) is 1.70. The van der Waals surface area contributed by atoms with E-state index in [0.717, 1.165) is 14.7 Å². The summed E-state index contributed by atoms with van der Waals surface area (Å²) in [5.41, 5.74) is 1.87. The van der Waals surface area contributed by atoms with Crippen molar-refractivity contribution < 1.29 is 0 Å². The molecule has 2 rings (SSSR count). The van der Waals surface area contributed by atoms with Gasteiger partial charge in [-0.1, -0.05) is 34.8 Å². The van der Waals surface area contributed by atoms with E-state index in [9.17, 15) is 0 Å². The maximum absolute atomic E-state index is 5.94. The molecule has 0 bridgehead atoms. The number of benzene rings is 1. The van der Waals surface area contributed by atoms with E-state index in [1.807, 2.05) is 18.2 Å². The number of halogens is 4. The Kier molecular flexibility index (Phi) is 3.95. The van der Waals surface area contributed by atoms with Gasteiger partial charge < -0.3 is 0 Å². The normalized spacial score (nSPS) is 10.5. The lowest BCUT2D eigenvalue weighted by molar-refractivity contribution is 1.31. The Morgan fingerprint density at radius 1 is 0.875 bits per heavy atom. The van der Waals surface area contributed by atoms with Crippen LogP contribution < -0.4 is 0 Å². The van der Waals surface area contributed by atoms with Gasteiger partial charge in [-0.3, -0.25) is 0 Å². The summed E-state index contributed by atoms with van der Waals surface area (Å²) >= 11 is 19.9. The maximum atomic E-state index is 5.94. The van der Waals surface area contributed by atoms with Gasteiger partial charge in [-0.05, 0) is 52.4 Å². The van der Waals surface area contributed by atoms with Crippen LogP contribution in [0.5, 0.6) is 0 Å². The Morgan fingerprint density at radius 2 is 1.50 bits per heavy atom. The molecule has 0 saturated carbocycles.